The van der Waals surface area contributed by atoms with Gasteiger partial charge in [0.1, 0.15) is 11.3 Å². The number of piperidine rings is 1. The molecule has 2 aliphatic rings. The minimum Gasteiger partial charge on any atom is -0.355 e. The molecule has 2 fully saturated rings. The van der Waals surface area contributed by atoms with Crippen molar-refractivity contribution in [2.24, 2.45) is 11.8 Å². The van der Waals surface area contributed by atoms with Crippen molar-refractivity contribution in [1.29, 1.82) is 0 Å². The number of rotatable bonds is 7. The van der Waals surface area contributed by atoms with Crippen LogP contribution in [0.25, 0.3) is 11.2 Å². The van der Waals surface area contributed by atoms with Gasteiger partial charge in [0, 0.05) is 49.7 Å². The number of anilines is 1. The van der Waals surface area contributed by atoms with Crippen LogP contribution >= 0.6 is 23.2 Å². The molecule has 1 aromatic carbocycles. The van der Waals surface area contributed by atoms with Gasteiger partial charge in [-0.1, -0.05) is 29.3 Å². The van der Waals surface area contributed by atoms with E-state index in [9.17, 15) is 4.79 Å². The smallest absolute Gasteiger partial charge is 0.216 e. The highest BCUT2D eigenvalue weighted by Crippen LogP contribution is 2.35. The maximum Gasteiger partial charge on any atom is 0.216 e. The Morgan fingerprint density at radius 3 is 2.78 bits per heavy atom. The molecule has 0 saturated carbocycles. The maximum absolute atomic E-state index is 11.2. The zero-order chi connectivity index (χ0) is 25.4. The van der Waals surface area contributed by atoms with Crippen molar-refractivity contribution in [2.45, 2.75) is 39.7 Å². The Balaban J connectivity index is 1.27. The zero-order valence-corrected chi connectivity index (χ0v) is 22.6. The number of nitrogens with zero attached hydrogens (tertiary/aromatic N) is 6. The summed E-state index contributed by atoms with van der Waals surface area (Å²) in [4.78, 5) is 25.7. The number of nitrogens with one attached hydrogen (secondary N) is 1. The van der Waals surface area contributed by atoms with E-state index in [1.165, 1.54) is 12.8 Å². The van der Waals surface area contributed by atoms with Crippen molar-refractivity contribution in [3.05, 3.63) is 45.7 Å². The van der Waals surface area contributed by atoms with Crippen LogP contribution < -0.4 is 10.2 Å². The van der Waals surface area contributed by atoms with Crippen LogP contribution in [0.5, 0.6) is 0 Å². The number of likely N-dealkylation sites (tertiary alicyclic amines) is 1. The number of benzene rings is 1. The van der Waals surface area contributed by atoms with Gasteiger partial charge in [0.25, 0.3) is 0 Å². The summed E-state index contributed by atoms with van der Waals surface area (Å²) >= 11 is 12.6. The SMILES string of the molecule is CC(=O)NCCN1CCCC(C2CN(c3cnc4c(C)nn(C(C)c5ccc(Cl)cc5Cl)c4n3)C2)C1. The molecule has 3 aromatic rings. The van der Waals surface area contributed by atoms with Crippen LogP contribution in [0.1, 0.15) is 44.0 Å². The van der Waals surface area contributed by atoms with Crippen LogP contribution in [0.2, 0.25) is 10.0 Å². The first-order chi connectivity index (χ1) is 17.3. The average Bonchev–Trinajstić information content (AvgIpc) is 3.14. The summed E-state index contributed by atoms with van der Waals surface area (Å²) in [5, 5.41) is 8.90. The van der Waals surface area contributed by atoms with Crippen LogP contribution in [0, 0.1) is 18.8 Å². The highest BCUT2D eigenvalue weighted by Gasteiger charge is 2.36. The molecule has 1 N–H and O–H groups in total. The van der Waals surface area contributed by atoms with E-state index in [1.807, 2.05) is 29.9 Å². The van der Waals surface area contributed by atoms with Gasteiger partial charge in [-0.05, 0) is 62.8 Å². The fraction of sp³-hybridized carbons (Fsp3) is 0.538. The number of fused-ring (bicyclic) bond motifs is 1. The first-order valence-electron chi connectivity index (χ1n) is 12.7. The van der Waals surface area contributed by atoms with Gasteiger partial charge >= 0.3 is 0 Å². The topological polar surface area (TPSA) is 79.2 Å². The molecule has 0 spiro atoms. The molecule has 0 bridgehead atoms. The lowest BCUT2D eigenvalue weighted by atomic mass is 9.80. The summed E-state index contributed by atoms with van der Waals surface area (Å²) in [6.07, 6.45) is 4.36. The Morgan fingerprint density at radius 1 is 1.22 bits per heavy atom. The molecule has 2 unspecified atom stereocenters. The molecule has 5 rings (SSSR count). The highest BCUT2D eigenvalue weighted by atomic mass is 35.5. The van der Waals surface area contributed by atoms with Crippen LogP contribution in [0.15, 0.2) is 24.4 Å². The molecular weight excluding hydrogens is 497 g/mol. The first kappa shape index (κ1) is 25.2. The summed E-state index contributed by atoms with van der Waals surface area (Å²) in [6, 6.07) is 5.45. The van der Waals surface area contributed by atoms with Gasteiger partial charge in [0.2, 0.25) is 5.91 Å². The van der Waals surface area contributed by atoms with Crippen molar-refractivity contribution < 1.29 is 4.79 Å². The van der Waals surface area contributed by atoms with E-state index in [0.29, 0.717) is 21.9 Å². The molecule has 2 saturated heterocycles. The summed E-state index contributed by atoms with van der Waals surface area (Å²) in [7, 11) is 0. The third-order valence-corrected chi connectivity index (χ3v) is 8.15. The van der Waals surface area contributed by atoms with Crippen molar-refractivity contribution >= 4 is 46.1 Å². The normalized spacial score (nSPS) is 19.9. The van der Waals surface area contributed by atoms with E-state index in [0.717, 1.165) is 67.5 Å². The largest absolute Gasteiger partial charge is 0.355 e. The molecule has 4 heterocycles. The second-order valence-corrected chi connectivity index (χ2v) is 11.0. The van der Waals surface area contributed by atoms with Crippen LogP contribution in [-0.4, -0.2) is 69.8 Å². The molecule has 1 amide bonds. The van der Waals surface area contributed by atoms with Crippen molar-refractivity contribution in [3.8, 4) is 0 Å². The lowest BCUT2D eigenvalue weighted by Gasteiger charge is -2.47. The molecule has 2 aromatic heterocycles. The predicted octanol–water partition coefficient (Wildman–Crippen LogP) is 4.34. The standard InChI is InChI=1S/C26H33Cl2N7O/c1-16-25-26(35(32-16)17(2)22-7-6-21(27)11-23(22)28)31-24(12-30-25)34-14-20(15-34)19-5-4-9-33(13-19)10-8-29-18(3)36/h6-7,11-12,17,19-20H,4-5,8-10,13-15H2,1-3H3,(H,29,36). The van der Waals surface area contributed by atoms with Crippen LogP contribution in [0.3, 0.4) is 0 Å². The summed E-state index contributed by atoms with van der Waals surface area (Å²) in [5.41, 5.74) is 3.38. The van der Waals surface area contributed by atoms with Crippen molar-refractivity contribution in [3.63, 3.8) is 0 Å². The van der Waals surface area contributed by atoms with Gasteiger partial charge in [-0.3, -0.25) is 4.79 Å². The molecule has 36 heavy (non-hydrogen) atoms. The molecule has 2 atom stereocenters. The first-order valence-corrected chi connectivity index (χ1v) is 13.4. The number of hydrogen-bond acceptors (Lipinski definition) is 6. The third-order valence-electron chi connectivity index (χ3n) is 7.58. The lowest BCUT2D eigenvalue weighted by Crippen LogP contribution is -2.54. The quantitative estimate of drug-likeness (QED) is 0.490. The Labute approximate surface area is 222 Å². The van der Waals surface area contributed by atoms with Gasteiger partial charge < -0.3 is 15.1 Å². The molecule has 0 aliphatic carbocycles. The number of hydrogen-bond donors (Lipinski definition) is 1. The maximum atomic E-state index is 11.2. The van der Waals surface area contributed by atoms with Crippen molar-refractivity contribution in [2.75, 3.05) is 44.2 Å². The Hall–Kier alpha value is -2.42. The molecule has 2 aliphatic heterocycles. The molecular formula is C26H33Cl2N7O. The van der Waals surface area contributed by atoms with E-state index in [1.54, 1.807) is 13.0 Å². The van der Waals surface area contributed by atoms with Gasteiger partial charge in [-0.15, -0.1) is 0 Å². The summed E-state index contributed by atoms with van der Waals surface area (Å²) < 4.78 is 1.92. The number of amides is 1. The second kappa shape index (κ2) is 10.5. The van der Waals surface area contributed by atoms with E-state index in [-0.39, 0.29) is 11.9 Å². The van der Waals surface area contributed by atoms with Gasteiger partial charge in [-0.25, -0.2) is 14.6 Å². The predicted molar refractivity (Wildman–Crippen MR) is 144 cm³/mol. The zero-order valence-electron chi connectivity index (χ0n) is 21.0. The molecule has 10 heteroatoms. The van der Waals surface area contributed by atoms with Crippen LogP contribution in [0.4, 0.5) is 5.82 Å². The second-order valence-electron chi connectivity index (χ2n) is 10.1. The minimum atomic E-state index is -0.106. The fourth-order valence-corrected chi connectivity index (χ4v) is 6.07. The lowest BCUT2D eigenvalue weighted by molar-refractivity contribution is -0.119. The molecule has 0 radical (unpaired) electrons. The third kappa shape index (κ3) is 5.17. The summed E-state index contributed by atoms with van der Waals surface area (Å²) in [6.45, 7) is 11.5. The number of aryl methyl sites for hydroxylation is 1. The Bertz CT molecular complexity index is 1260. The van der Waals surface area contributed by atoms with E-state index in [4.69, 9.17) is 38.3 Å². The Kier molecular flexibility index (Phi) is 7.37. The highest BCUT2D eigenvalue weighted by molar-refractivity contribution is 6.35. The number of carbonyl (C=O) groups excluding carboxylic acids is 1. The van der Waals surface area contributed by atoms with E-state index < -0.39 is 0 Å². The fourth-order valence-electron chi connectivity index (χ4n) is 5.50. The van der Waals surface area contributed by atoms with Gasteiger partial charge in [0.05, 0.1) is 17.9 Å². The Morgan fingerprint density at radius 2 is 2.03 bits per heavy atom. The molecule has 8 nitrogen and oxygen atoms in total. The average molecular weight is 531 g/mol. The number of halogens is 2. The molecule has 192 valence electrons. The van der Waals surface area contributed by atoms with E-state index >= 15 is 0 Å². The van der Waals surface area contributed by atoms with E-state index in [2.05, 4.69) is 22.0 Å². The monoisotopic (exact) mass is 529 g/mol. The van der Waals surface area contributed by atoms with Gasteiger partial charge in [0.15, 0.2) is 5.65 Å². The number of carbonyl (C=O) groups is 1. The van der Waals surface area contributed by atoms with Gasteiger partial charge in [-0.2, -0.15) is 5.10 Å². The minimum absolute atomic E-state index is 0.0402. The van der Waals surface area contributed by atoms with Crippen molar-refractivity contribution in [1.82, 2.24) is 30.0 Å². The number of aromatic nitrogens is 4. The summed E-state index contributed by atoms with van der Waals surface area (Å²) in [5.74, 6) is 2.28. The van der Waals surface area contributed by atoms with Crippen LogP contribution in [-0.2, 0) is 4.79 Å².